The van der Waals surface area contributed by atoms with Crippen LogP contribution < -0.4 is 21.3 Å². The number of aromatic nitrogens is 1. The zero-order chi connectivity index (χ0) is 22.6. The number of hydrogen-bond donors (Lipinski definition) is 4. The Balaban J connectivity index is 1.68. The van der Waals surface area contributed by atoms with Gasteiger partial charge in [0.1, 0.15) is 17.4 Å². The Labute approximate surface area is 180 Å². The van der Waals surface area contributed by atoms with Crippen LogP contribution in [0.2, 0.25) is 0 Å². The molecule has 8 nitrogen and oxygen atoms in total. The first-order chi connectivity index (χ1) is 14.7. The Morgan fingerprint density at radius 3 is 2.55 bits per heavy atom. The maximum atomic E-state index is 12.3. The molecule has 8 heteroatoms. The molecule has 0 saturated carbocycles. The number of amides is 2. The Kier molecular flexibility index (Phi) is 6.53. The highest BCUT2D eigenvalue weighted by molar-refractivity contribution is 5.95. The molecule has 1 heterocycles. The lowest BCUT2D eigenvalue weighted by Crippen LogP contribution is -2.57. The summed E-state index contributed by atoms with van der Waals surface area (Å²) in [5.74, 6) is -0.562. The van der Waals surface area contributed by atoms with Gasteiger partial charge in [-0.3, -0.25) is 19.8 Å². The van der Waals surface area contributed by atoms with Crippen molar-refractivity contribution in [2.75, 3.05) is 6.54 Å². The average molecular weight is 422 g/mol. The van der Waals surface area contributed by atoms with E-state index in [1.54, 1.807) is 24.3 Å². The van der Waals surface area contributed by atoms with Gasteiger partial charge >= 0.3 is 0 Å². The Bertz CT molecular complexity index is 1100. The second-order valence-electron chi connectivity index (χ2n) is 7.70. The van der Waals surface area contributed by atoms with Crippen molar-refractivity contribution in [3.05, 3.63) is 71.4 Å². The highest BCUT2D eigenvalue weighted by atomic mass is 16.5. The molecule has 5 N–H and O–H groups in total. The number of nitrogens with zero attached hydrogens (tertiary/aromatic N) is 1. The molecule has 31 heavy (non-hydrogen) atoms. The minimum atomic E-state index is -1.44. The highest BCUT2D eigenvalue weighted by Crippen LogP contribution is 2.28. The molecule has 2 unspecified atom stereocenters. The third-order valence-electron chi connectivity index (χ3n) is 4.98. The molecular formula is C23H26N4O4. The number of ether oxygens (including phenoxy) is 1. The fourth-order valence-corrected chi connectivity index (χ4v) is 3.20. The van der Waals surface area contributed by atoms with Gasteiger partial charge in [0.15, 0.2) is 0 Å². The van der Waals surface area contributed by atoms with Gasteiger partial charge in [-0.05, 0) is 57.2 Å². The lowest BCUT2D eigenvalue weighted by atomic mass is 10.0. The first-order valence-corrected chi connectivity index (χ1v) is 9.86. The lowest BCUT2D eigenvalue weighted by molar-refractivity contribution is -0.134. The van der Waals surface area contributed by atoms with Crippen LogP contribution >= 0.6 is 0 Å². The van der Waals surface area contributed by atoms with Gasteiger partial charge in [0.25, 0.3) is 11.8 Å². The molecule has 0 bridgehead atoms. The standard InChI is InChI=1S/C23H26N4O4/c1-14-12-19(18-6-4-5-7-20(18)26-14)15(2)31-17-10-8-16(9-11-17)21(28)25-13-23(3,24)22(29)27-30/h4-12,15,30H,13,24H2,1-3H3,(H,25,28)(H,27,29). The highest BCUT2D eigenvalue weighted by Gasteiger charge is 2.28. The van der Waals surface area contributed by atoms with Crippen LogP contribution in [0, 0.1) is 6.92 Å². The van der Waals surface area contributed by atoms with Crippen LogP contribution in [0.4, 0.5) is 0 Å². The molecule has 162 valence electrons. The minimum absolute atomic E-state index is 0.137. The summed E-state index contributed by atoms with van der Waals surface area (Å²) in [7, 11) is 0. The predicted molar refractivity (Wildman–Crippen MR) is 117 cm³/mol. The lowest BCUT2D eigenvalue weighted by Gasteiger charge is -2.22. The van der Waals surface area contributed by atoms with E-state index in [2.05, 4.69) is 10.3 Å². The molecular weight excluding hydrogens is 396 g/mol. The van der Waals surface area contributed by atoms with Crippen LogP contribution in [0.3, 0.4) is 0 Å². The van der Waals surface area contributed by atoms with E-state index in [1.165, 1.54) is 12.4 Å². The summed E-state index contributed by atoms with van der Waals surface area (Å²) in [4.78, 5) is 28.4. The number of hydroxylamine groups is 1. The third kappa shape index (κ3) is 5.17. The number of nitrogens with one attached hydrogen (secondary N) is 2. The number of benzene rings is 2. The van der Waals surface area contributed by atoms with Crippen molar-refractivity contribution >= 4 is 22.7 Å². The van der Waals surface area contributed by atoms with Crippen molar-refractivity contribution in [1.29, 1.82) is 0 Å². The fraction of sp³-hybridized carbons (Fsp3) is 0.261. The van der Waals surface area contributed by atoms with Crippen LogP contribution in [0.15, 0.2) is 54.6 Å². The van der Waals surface area contributed by atoms with Gasteiger partial charge in [-0.1, -0.05) is 18.2 Å². The first-order valence-electron chi connectivity index (χ1n) is 9.86. The molecule has 3 rings (SSSR count). The Hall–Kier alpha value is -3.49. The minimum Gasteiger partial charge on any atom is -0.486 e. The molecule has 0 aliphatic carbocycles. The normalized spacial score (nSPS) is 13.8. The number of rotatable bonds is 7. The molecule has 2 amide bonds. The van der Waals surface area contributed by atoms with Gasteiger partial charge in [-0.15, -0.1) is 0 Å². The molecule has 3 aromatic rings. The number of fused-ring (bicyclic) bond motifs is 1. The maximum Gasteiger partial charge on any atom is 0.264 e. The van der Waals surface area contributed by atoms with E-state index >= 15 is 0 Å². The molecule has 2 aromatic carbocycles. The van der Waals surface area contributed by atoms with Gasteiger partial charge in [0.2, 0.25) is 0 Å². The Morgan fingerprint density at radius 1 is 1.19 bits per heavy atom. The molecule has 2 atom stereocenters. The molecule has 0 fully saturated rings. The van der Waals surface area contributed by atoms with Crippen molar-refractivity contribution in [3.8, 4) is 5.75 Å². The van der Waals surface area contributed by atoms with Crippen molar-refractivity contribution < 1.29 is 19.5 Å². The van der Waals surface area contributed by atoms with Gasteiger partial charge in [0.05, 0.1) is 5.52 Å². The van der Waals surface area contributed by atoms with E-state index in [0.717, 1.165) is 22.2 Å². The van der Waals surface area contributed by atoms with Gasteiger partial charge in [-0.25, -0.2) is 5.48 Å². The quantitative estimate of drug-likeness (QED) is 0.342. The van der Waals surface area contributed by atoms with Crippen molar-refractivity contribution in [3.63, 3.8) is 0 Å². The van der Waals surface area contributed by atoms with E-state index < -0.39 is 17.4 Å². The number of nitrogens with two attached hydrogens (primary N) is 1. The molecule has 0 radical (unpaired) electrons. The number of pyridine rings is 1. The van der Waals surface area contributed by atoms with Crippen molar-refractivity contribution in [2.45, 2.75) is 32.4 Å². The molecule has 0 aliphatic heterocycles. The van der Waals surface area contributed by atoms with Gasteiger partial charge in [0, 0.05) is 28.8 Å². The Morgan fingerprint density at radius 2 is 1.87 bits per heavy atom. The van der Waals surface area contributed by atoms with E-state index in [0.29, 0.717) is 11.3 Å². The zero-order valence-corrected chi connectivity index (χ0v) is 17.7. The molecule has 1 aromatic heterocycles. The summed E-state index contributed by atoms with van der Waals surface area (Å²) >= 11 is 0. The van der Waals surface area contributed by atoms with Gasteiger partial charge < -0.3 is 15.8 Å². The van der Waals surface area contributed by atoms with Crippen molar-refractivity contribution in [1.82, 2.24) is 15.8 Å². The smallest absolute Gasteiger partial charge is 0.264 e. The summed E-state index contributed by atoms with van der Waals surface area (Å²) in [6.07, 6.45) is -0.221. The van der Waals surface area contributed by atoms with E-state index in [4.69, 9.17) is 15.7 Å². The number of carbonyl (C=O) groups is 2. The molecule has 0 aliphatic rings. The summed E-state index contributed by atoms with van der Waals surface area (Å²) in [6, 6.07) is 16.6. The summed E-state index contributed by atoms with van der Waals surface area (Å²) in [6.45, 7) is 5.19. The monoisotopic (exact) mass is 422 g/mol. The third-order valence-corrected chi connectivity index (χ3v) is 4.98. The maximum absolute atomic E-state index is 12.3. The van der Waals surface area contributed by atoms with Crippen LogP contribution in [0.25, 0.3) is 10.9 Å². The summed E-state index contributed by atoms with van der Waals surface area (Å²) < 4.78 is 6.10. The summed E-state index contributed by atoms with van der Waals surface area (Å²) in [5, 5.41) is 12.3. The topological polar surface area (TPSA) is 127 Å². The number of hydrogen-bond acceptors (Lipinski definition) is 6. The molecule has 0 saturated heterocycles. The van der Waals surface area contributed by atoms with E-state index in [9.17, 15) is 9.59 Å². The number of para-hydroxylation sites is 1. The molecule has 0 spiro atoms. The second-order valence-corrected chi connectivity index (χ2v) is 7.70. The predicted octanol–water partition coefficient (Wildman–Crippen LogP) is 2.64. The summed E-state index contributed by atoms with van der Waals surface area (Å²) in [5.41, 5.74) is 9.08. The van der Waals surface area contributed by atoms with Crippen LogP contribution in [0.5, 0.6) is 5.75 Å². The van der Waals surface area contributed by atoms with E-state index in [-0.39, 0.29) is 12.6 Å². The largest absolute Gasteiger partial charge is 0.486 e. The van der Waals surface area contributed by atoms with Crippen LogP contribution in [-0.2, 0) is 4.79 Å². The van der Waals surface area contributed by atoms with Gasteiger partial charge in [-0.2, -0.15) is 0 Å². The van der Waals surface area contributed by atoms with Crippen molar-refractivity contribution in [2.24, 2.45) is 5.73 Å². The number of carbonyl (C=O) groups excluding carboxylic acids is 2. The van der Waals surface area contributed by atoms with Crippen LogP contribution in [0.1, 0.15) is 41.6 Å². The van der Waals surface area contributed by atoms with E-state index in [1.807, 2.05) is 44.2 Å². The average Bonchev–Trinajstić information content (AvgIpc) is 2.76. The first kappa shape index (κ1) is 22.2. The number of aryl methyl sites for hydroxylation is 1. The zero-order valence-electron chi connectivity index (χ0n) is 17.7. The SMILES string of the molecule is Cc1cc(C(C)Oc2ccc(C(=O)NCC(C)(N)C(=O)NO)cc2)c2ccccc2n1. The van der Waals surface area contributed by atoms with Crippen LogP contribution in [-0.4, -0.2) is 34.1 Å². The second kappa shape index (κ2) is 9.11. The fourth-order valence-electron chi connectivity index (χ4n) is 3.20.